The summed E-state index contributed by atoms with van der Waals surface area (Å²) in [4.78, 5) is 35.4. The highest BCUT2D eigenvalue weighted by Gasteiger charge is 2.10. The van der Waals surface area contributed by atoms with E-state index in [1.54, 1.807) is 48.5 Å². The Labute approximate surface area is 172 Å². The van der Waals surface area contributed by atoms with Crippen molar-refractivity contribution >= 4 is 29.0 Å². The summed E-state index contributed by atoms with van der Waals surface area (Å²) in [6.07, 6.45) is 0. The van der Waals surface area contributed by atoms with Gasteiger partial charge in [-0.25, -0.2) is 4.39 Å². The van der Waals surface area contributed by atoms with Crippen molar-refractivity contribution in [1.82, 2.24) is 0 Å². The van der Waals surface area contributed by atoms with E-state index in [9.17, 15) is 18.8 Å². The average molecular weight is 406 g/mol. The average Bonchev–Trinajstić information content (AvgIpc) is 2.74. The molecule has 0 aromatic heterocycles. The van der Waals surface area contributed by atoms with Crippen LogP contribution < -0.4 is 15.4 Å². The smallest absolute Gasteiger partial charge is 0.262 e. The molecule has 0 bridgehead atoms. The highest BCUT2D eigenvalue weighted by molar-refractivity contribution is 6.09. The number of amides is 2. The van der Waals surface area contributed by atoms with Gasteiger partial charge in [0, 0.05) is 29.4 Å². The Balaban J connectivity index is 1.52. The van der Waals surface area contributed by atoms with Crippen LogP contribution >= 0.6 is 0 Å². The van der Waals surface area contributed by atoms with Crippen LogP contribution in [-0.4, -0.2) is 24.2 Å². The SMILES string of the molecule is CC(=O)Nc1ccc(NC(=O)COc2ccc(C(=O)c3ccc(F)cc3)cc2)cc1. The van der Waals surface area contributed by atoms with Gasteiger partial charge in [-0.05, 0) is 72.8 Å². The van der Waals surface area contributed by atoms with Crippen LogP contribution in [0.5, 0.6) is 5.75 Å². The van der Waals surface area contributed by atoms with Gasteiger partial charge in [0.15, 0.2) is 12.4 Å². The molecule has 2 amide bonds. The van der Waals surface area contributed by atoms with E-state index in [1.165, 1.54) is 31.2 Å². The second-order valence-corrected chi connectivity index (χ2v) is 6.46. The van der Waals surface area contributed by atoms with Gasteiger partial charge in [-0.3, -0.25) is 14.4 Å². The molecular formula is C23H19FN2O4. The Morgan fingerprint density at radius 1 is 0.767 bits per heavy atom. The highest BCUT2D eigenvalue weighted by atomic mass is 19.1. The number of rotatable bonds is 7. The van der Waals surface area contributed by atoms with E-state index < -0.39 is 5.82 Å². The van der Waals surface area contributed by atoms with Crippen LogP contribution in [0.25, 0.3) is 0 Å². The third-order valence-corrected chi connectivity index (χ3v) is 4.08. The third kappa shape index (κ3) is 5.75. The number of hydrogen-bond acceptors (Lipinski definition) is 4. The quantitative estimate of drug-likeness (QED) is 0.580. The van der Waals surface area contributed by atoms with Gasteiger partial charge >= 0.3 is 0 Å². The number of nitrogens with one attached hydrogen (secondary N) is 2. The van der Waals surface area contributed by atoms with Crippen LogP contribution in [0, 0.1) is 5.82 Å². The Bertz CT molecular complexity index is 1050. The standard InChI is InChI=1S/C23H19FN2O4/c1-15(27)25-19-8-10-20(11-9-19)26-22(28)14-30-21-12-4-17(5-13-21)23(29)16-2-6-18(24)7-3-16/h2-13H,14H2,1H3,(H,25,27)(H,26,28). The van der Waals surface area contributed by atoms with E-state index in [0.717, 1.165) is 0 Å². The minimum Gasteiger partial charge on any atom is -0.484 e. The predicted octanol–water partition coefficient (Wildman–Crippen LogP) is 4.03. The van der Waals surface area contributed by atoms with Crippen molar-refractivity contribution in [3.63, 3.8) is 0 Å². The summed E-state index contributed by atoms with van der Waals surface area (Å²) in [6.45, 7) is 1.21. The van der Waals surface area contributed by atoms with Crippen molar-refractivity contribution in [2.24, 2.45) is 0 Å². The number of ketones is 1. The molecule has 0 heterocycles. The lowest BCUT2D eigenvalue weighted by atomic mass is 10.0. The van der Waals surface area contributed by atoms with Crippen LogP contribution in [0.3, 0.4) is 0 Å². The fourth-order valence-electron chi connectivity index (χ4n) is 2.66. The first-order chi connectivity index (χ1) is 14.4. The summed E-state index contributed by atoms with van der Waals surface area (Å²) in [5.41, 5.74) is 2.01. The lowest BCUT2D eigenvalue weighted by molar-refractivity contribution is -0.118. The highest BCUT2D eigenvalue weighted by Crippen LogP contribution is 2.17. The van der Waals surface area contributed by atoms with Crippen molar-refractivity contribution in [3.05, 3.63) is 89.7 Å². The lowest BCUT2D eigenvalue weighted by Crippen LogP contribution is -2.20. The Morgan fingerprint density at radius 3 is 1.80 bits per heavy atom. The summed E-state index contributed by atoms with van der Waals surface area (Å²) < 4.78 is 18.4. The Kier molecular flexibility index (Phi) is 6.54. The fraction of sp³-hybridized carbons (Fsp3) is 0.0870. The lowest BCUT2D eigenvalue weighted by Gasteiger charge is -2.09. The first kappa shape index (κ1) is 20.7. The monoisotopic (exact) mass is 406 g/mol. The Morgan fingerprint density at radius 2 is 1.27 bits per heavy atom. The van der Waals surface area contributed by atoms with Gasteiger partial charge in [0.1, 0.15) is 11.6 Å². The normalized spacial score (nSPS) is 10.2. The fourth-order valence-corrected chi connectivity index (χ4v) is 2.66. The molecule has 0 radical (unpaired) electrons. The molecule has 0 saturated heterocycles. The molecule has 0 unspecified atom stereocenters. The van der Waals surface area contributed by atoms with Gasteiger partial charge in [-0.15, -0.1) is 0 Å². The van der Waals surface area contributed by atoms with Gasteiger partial charge in [-0.2, -0.15) is 0 Å². The summed E-state index contributed by atoms with van der Waals surface area (Å²) in [6, 6.07) is 18.3. The third-order valence-electron chi connectivity index (χ3n) is 4.08. The Hall–Kier alpha value is -4.00. The van der Waals surface area contributed by atoms with Crippen molar-refractivity contribution in [2.75, 3.05) is 17.2 Å². The molecule has 0 spiro atoms. The van der Waals surface area contributed by atoms with Crippen LogP contribution in [0.15, 0.2) is 72.8 Å². The number of carbonyl (C=O) groups is 3. The largest absolute Gasteiger partial charge is 0.484 e. The van der Waals surface area contributed by atoms with Crippen molar-refractivity contribution in [3.8, 4) is 5.75 Å². The number of anilines is 2. The predicted molar refractivity (Wildman–Crippen MR) is 111 cm³/mol. The van der Waals surface area contributed by atoms with E-state index in [-0.39, 0.29) is 24.2 Å². The van der Waals surface area contributed by atoms with Gasteiger partial charge in [0.25, 0.3) is 5.91 Å². The topological polar surface area (TPSA) is 84.5 Å². The van der Waals surface area contributed by atoms with Crippen molar-refractivity contribution in [1.29, 1.82) is 0 Å². The maximum Gasteiger partial charge on any atom is 0.262 e. The molecule has 30 heavy (non-hydrogen) atoms. The second-order valence-electron chi connectivity index (χ2n) is 6.46. The number of halogens is 1. The minimum absolute atomic E-state index is 0.175. The number of ether oxygens (including phenoxy) is 1. The van der Waals surface area contributed by atoms with Crippen LogP contribution in [0.4, 0.5) is 15.8 Å². The minimum atomic E-state index is -0.405. The molecule has 6 nitrogen and oxygen atoms in total. The molecular weight excluding hydrogens is 387 g/mol. The van der Waals surface area contributed by atoms with E-state index in [4.69, 9.17) is 4.74 Å². The molecule has 7 heteroatoms. The molecule has 0 aliphatic carbocycles. The molecule has 152 valence electrons. The molecule has 3 aromatic rings. The molecule has 3 rings (SSSR count). The van der Waals surface area contributed by atoms with Gasteiger partial charge in [-0.1, -0.05) is 0 Å². The van der Waals surface area contributed by atoms with Gasteiger partial charge in [0.2, 0.25) is 5.91 Å². The summed E-state index contributed by atoms with van der Waals surface area (Å²) in [5, 5.41) is 5.33. The molecule has 3 aromatic carbocycles. The molecule has 0 saturated carbocycles. The van der Waals surface area contributed by atoms with Gasteiger partial charge in [0.05, 0.1) is 0 Å². The number of carbonyl (C=O) groups excluding carboxylic acids is 3. The van der Waals surface area contributed by atoms with E-state index in [2.05, 4.69) is 10.6 Å². The molecule has 0 atom stereocenters. The zero-order valence-corrected chi connectivity index (χ0v) is 16.1. The maximum atomic E-state index is 13.0. The van der Waals surface area contributed by atoms with Gasteiger partial charge < -0.3 is 15.4 Å². The number of hydrogen-bond donors (Lipinski definition) is 2. The van der Waals surface area contributed by atoms with E-state index >= 15 is 0 Å². The summed E-state index contributed by atoms with van der Waals surface area (Å²) in [5.74, 6) is -0.736. The summed E-state index contributed by atoms with van der Waals surface area (Å²) in [7, 11) is 0. The second kappa shape index (κ2) is 9.47. The maximum absolute atomic E-state index is 13.0. The molecule has 0 fully saturated rings. The zero-order valence-electron chi connectivity index (χ0n) is 16.1. The molecule has 0 aliphatic heterocycles. The number of benzene rings is 3. The zero-order chi connectivity index (χ0) is 21.5. The van der Waals surface area contributed by atoms with Crippen LogP contribution in [-0.2, 0) is 9.59 Å². The van der Waals surface area contributed by atoms with Crippen LogP contribution in [0.1, 0.15) is 22.8 Å². The molecule has 0 aliphatic rings. The van der Waals surface area contributed by atoms with Crippen molar-refractivity contribution < 1.29 is 23.5 Å². The first-order valence-electron chi connectivity index (χ1n) is 9.11. The van der Waals surface area contributed by atoms with E-state index in [0.29, 0.717) is 28.3 Å². The molecule has 2 N–H and O–H groups in total. The van der Waals surface area contributed by atoms with E-state index in [1.807, 2.05) is 0 Å². The van der Waals surface area contributed by atoms with Crippen molar-refractivity contribution in [2.45, 2.75) is 6.92 Å². The first-order valence-corrected chi connectivity index (χ1v) is 9.11. The van der Waals surface area contributed by atoms with Crippen LogP contribution in [0.2, 0.25) is 0 Å². The summed E-state index contributed by atoms with van der Waals surface area (Å²) >= 11 is 0.